The number of benzene rings is 3. The van der Waals surface area contributed by atoms with Gasteiger partial charge in [0.25, 0.3) is 5.91 Å². The topological polar surface area (TPSA) is 73.9 Å². The summed E-state index contributed by atoms with van der Waals surface area (Å²) in [4.78, 5) is 24.9. The Labute approximate surface area is 215 Å². The van der Waals surface area contributed by atoms with Gasteiger partial charge in [-0.15, -0.1) is 0 Å². The average molecular weight is 516 g/mol. The van der Waals surface area contributed by atoms with Crippen LogP contribution in [0.3, 0.4) is 0 Å². The number of halogens is 2. The first-order chi connectivity index (χ1) is 16.8. The Morgan fingerprint density at radius 3 is 2.14 bits per heavy atom. The molecule has 0 saturated carbocycles. The predicted molar refractivity (Wildman–Crippen MR) is 137 cm³/mol. The van der Waals surface area contributed by atoms with Crippen LogP contribution in [0.25, 0.3) is 0 Å². The zero-order valence-corrected chi connectivity index (χ0v) is 21.3. The minimum Gasteiger partial charge on any atom is -0.496 e. The van der Waals surface area contributed by atoms with Crippen molar-refractivity contribution in [3.8, 4) is 17.2 Å². The van der Waals surface area contributed by atoms with Crippen LogP contribution in [0.2, 0.25) is 10.0 Å². The van der Waals surface area contributed by atoms with E-state index in [-0.39, 0.29) is 17.8 Å². The first kappa shape index (κ1) is 26.4. The van der Waals surface area contributed by atoms with Crippen molar-refractivity contribution in [3.63, 3.8) is 0 Å². The number of carbonyl (C=O) groups is 2. The lowest BCUT2D eigenvalue weighted by Gasteiger charge is -2.15. The lowest BCUT2D eigenvalue weighted by Crippen LogP contribution is -2.24. The molecule has 1 amide bonds. The van der Waals surface area contributed by atoms with E-state index < -0.39 is 0 Å². The fraction of sp³-hybridized carbons (Fsp3) is 0.259. The number of rotatable bonds is 10. The van der Waals surface area contributed by atoms with Crippen LogP contribution in [0.5, 0.6) is 17.2 Å². The molecule has 0 aliphatic heterocycles. The molecule has 35 heavy (non-hydrogen) atoms. The minimum atomic E-state index is -0.274. The van der Waals surface area contributed by atoms with Crippen molar-refractivity contribution >= 4 is 35.1 Å². The highest BCUT2D eigenvalue weighted by atomic mass is 35.5. The zero-order chi connectivity index (χ0) is 25.4. The Balaban J connectivity index is 1.65. The van der Waals surface area contributed by atoms with Crippen molar-refractivity contribution in [1.29, 1.82) is 0 Å². The second kappa shape index (κ2) is 12.5. The summed E-state index contributed by atoms with van der Waals surface area (Å²) in [7, 11) is 2.89. The van der Waals surface area contributed by atoms with E-state index in [1.165, 1.54) is 14.2 Å². The molecule has 1 atom stereocenters. The van der Waals surface area contributed by atoms with Crippen LogP contribution in [-0.4, -0.2) is 26.1 Å². The zero-order valence-electron chi connectivity index (χ0n) is 19.8. The van der Waals surface area contributed by atoms with Gasteiger partial charge in [-0.2, -0.15) is 0 Å². The molecule has 1 N–H and O–H groups in total. The van der Waals surface area contributed by atoms with Gasteiger partial charge in [0.15, 0.2) is 0 Å². The van der Waals surface area contributed by atoms with Gasteiger partial charge in [-0.25, -0.2) is 0 Å². The van der Waals surface area contributed by atoms with E-state index >= 15 is 0 Å². The van der Waals surface area contributed by atoms with Crippen molar-refractivity contribution in [2.75, 3.05) is 14.2 Å². The third kappa shape index (κ3) is 7.38. The quantitative estimate of drug-likeness (QED) is 0.313. The van der Waals surface area contributed by atoms with Gasteiger partial charge < -0.3 is 19.5 Å². The van der Waals surface area contributed by atoms with Crippen molar-refractivity contribution in [2.45, 2.75) is 26.3 Å². The van der Waals surface area contributed by atoms with Gasteiger partial charge in [0.05, 0.1) is 25.7 Å². The highest BCUT2D eigenvalue weighted by Crippen LogP contribution is 2.28. The van der Waals surface area contributed by atoms with Crippen LogP contribution in [0, 0.1) is 5.92 Å². The summed E-state index contributed by atoms with van der Waals surface area (Å²) >= 11 is 12.0. The molecule has 0 bridgehead atoms. The van der Waals surface area contributed by atoms with E-state index in [9.17, 15) is 9.59 Å². The molecule has 3 aromatic rings. The number of carbonyl (C=O) groups excluding carboxylic acids is 2. The molecule has 0 heterocycles. The normalized spacial score (nSPS) is 11.5. The lowest BCUT2D eigenvalue weighted by molar-refractivity contribution is -0.145. The molecule has 0 saturated heterocycles. The molecule has 0 aliphatic rings. The SMILES string of the molecule is CC[C@@H](Cc1ccc(OC)c(C(=O)NCc2ccc(Oc3cc(Cl)cc(Cl)c3)cc2)c1)C(=O)OC. The second-order valence-electron chi connectivity index (χ2n) is 7.90. The van der Waals surface area contributed by atoms with Gasteiger partial charge in [-0.1, -0.05) is 48.3 Å². The summed E-state index contributed by atoms with van der Waals surface area (Å²) in [6, 6.07) is 17.7. The molecule has 0 fully saturated rings. The molecule has 0 aromatic heterocycles. The number of methoxy groups -OCH3 is 2. The molecular formula is C27H27Cl2NO5. The third-order valence-corrected chi connectivity index (χ3v) is 5.90. The minimum absolute atomic E-state index is 0.264. The summed E-state index contributed by atoms with van der Waals surface area (Å²) < 4.78 is 16.0. The Kier molecular flexibility index (Phi) is 9.40. The molecule has 3 rings (SSSR count). The fourth-order valence-corrected chi connectivity index (χ4v) is 4.09. The Bertz CT molecular complexity index is 1160. The largest absolute Gasteiger partial charge is 0.496 e. The summed E-state index contributed by atoms with van der Waals surface area (Å²) in [5.41, 5.74) is 2.15. The smallest absolute Gasteiger partial charge is 0.308 e. The first-order valence-electron chi connectivity index (χ1n) is 11.1. The maximum Gasteiger partial charge on any atom is 0.308 e. The van der Waals surface area contributed by atoms with Crippen LogP contribution in [-0.2, 0) is 22.5 Å². The van der Waals surface area contributed by atoms with Gasteiger partial charge in [-0.05, 0) is 66.4 Å². The van der Waals surface area contributed by atoms with Crippen LogP contribution in [0.4, 0.5) is 0 Å². The first-order valence-corrected chi connectivity index (χ1v) is 11.8. The predicted octanol–water partition coefficient (Wildman–Crippen LogP) is 6.47. The Hall–Kier alpha value is -3.22. The standard InChI is InChI=1S/C27H27Cl2NO5/c1-4-19(27(32)34-3)11-18-7-10-25(33-2)24(12-18)26(31)30-16-17-5-8-22(9-6-17)35-23-14-20(28)13-21(29)15-23/h5-10,12-15,19H,4,11,16H2,1-3H3,(H,30,31)/t19-/m0/s1. The molecule has 0 unspecified atom stereocenters. The van der Waals surface area contributed by atoms with Crippen molar-refractivity contribution in [1.82, 2.24) is 5.32 Å². The lowest BCUT2D eigenvalue weighted by atomic mass is 9.95. The van der Waals surface area contributed by atoms with Crippen molar-refractivity contribution in [3.05, 3.63) is 87.4 Å². The molecule has 0 aliphatic carbocycles. The molecule has 8 heteroatoms. The molecular weight excluding hydrogens is 489 g/mol. The average Bonchev–Trinajstić information content (AvgIpc) is 2.85. The van der Waals surface area contributed by atoms with Crippen molar-refractivity contribution < 1.29 is 23.8 Å². The van der Waals surface area contributed by atoms with Gasteiger partial charge >= 0.3 is 5.97 Å². The maximum atomic E-state index is 12.9. The number of nitrogens with one attached hydrogen (secondary N) is 1. The number of hydrogen-bond donors (Lipinski definition) is 1. The van der Waals surface area contributed by atoms with Crippen LogP contribution >= 0.6 is 23.2 Å². The Morgan fingerprint density at radius 2 is 1.54 bits per heavy atom. The Morgan fingerprint density at radius 1 is 0.886 bits per heavy atom. The van der Waals surface area contributed by atoms with Crippen molar-refractivity contribution in [2.24, 2.45) is 5.92 Å². The fourth-order valence-electron chi connectivity index (χ4n) is 3.58. The number of hydrogen-bond acceptors (Lipinski definition) is 5. The number of ether oxygens (including phenoxy) is 3. The molecule has 6 nitrogen and oxygen atoms in total. The summed E-state index contributed by atoms with van der Waals surface area (Å²) in [6.07, 6.45) is 1.12. The highest BCUT2D eigenvalue weighted by Gasteiger charge is 2.20. The third-order valence-electron chi connectivity index (χ3n) is 5.47. The molecule has 0 radical (unpaired) electrons. The van der Waals surface area contributed by atoms with E-state index in [4.69, 9.17) is 37.4 Å². The van der Waals surface area contributed by atoms with E-state index in [0.29, 0.717) is 52.2 Å². The summed E-state index contributed by atoms with van der Waals surface area (Å²) in [5, 5.41) is 3.89. The van der Waals surface area contributed by atoms with E-state index in [1.54, 1.807) is 42.5 Å². The molecule has 3 aromatic carbocycles. The van der Waals surface area contributed by atoms with Crippen LogP contribution in [0.1, 0.15) is 34.8 Å². The number of amides is 1. The maximum absolute atomic E-state index is 12.9. The van der Waals surface area contributed by atoms with Gasteiger partial charge in [-0.3, -0.25) is 9.59 Å². The summed E-state index contributed by atoms with van der Waals surface area (Å²) in [6.45, 7) is 2.24. The van der Waals surface area contributed by atoms with E-state index in [1.807, 2.05) is 25.1 Å². The van der Waals surface area contributed by atoms with Gasteiger partial charge in [0.1, 0.15) is 17.2 Å². The van der Waals surface area contributed by atoms with Gasteiger partial charge in [0.2, 0.25) is 0 Å². The molecule has 184 valence electrons. The molecule has 0 spiro atoms. The van der Waals surface area contributed by atoms with Crippen LogP contribution < -0.4 is 14.8 Å². The second-order valence-corrected chi connectivity index (χ2v) is 8.77. The highest BCUT2D eigenvalue weighted by molar-refractivity contribution is 6.34. The summed E-state index contributed by atoms with van der Waals surface area (Å²) in [5.74, 6) is 0.801. The monoisotopic (exact) mass is 515 g/mol. The number of esters is 1. The van der Waals surface area contributed by atoms with E-state index in [0.717, 1.165) is 11.1 Å². The van der Waals surface area contributed by atoms with Crippen LogP contribution in [0.15, 0.2) is 60.7 Å². The van der Waals surface area contributed by atoms with Gasteiger partial charge in [0, 0.05) is 16.6 Å². The van der Waals surface area contributed by atoms with E-state index in [2.05, 4.69) is 5.32 Å².